The van der Waals surface area contributed by atoms with Gasteiger partial charge in [0, 0.05) is 33.1 Å². The summed E-state index contributed by atoms with van der Waals surface area (Å²) in [4.78, 5) is 24.4. The fraction of sp³-hybridized carbons (Fsp3) is 0.357. The molecular formula is C14H16F2N4O3. The second-order valence-electron chi connectivity index (χ2n) is 4.77. The van der Waals surface area contributed by atoms with Crippen molar-refractivity contribution in [1.82, 2.24) is 14.3 Å². The third-order valence-corrected chi connectivity index (χ3v) is 3.11. The van der Waals surface area contributed by atoms with Gasteiger partial charge in [-0.3, -0.25) is 14.3 Å². The minimum absolute atomic E-state index is 0.126. The molecule has 0 aromatic carbocycles. The summed E-state index contributed by atoms with van der Waals surface area (Å²) < 4.78 is 33.1. The molecule has 9 heteroatoms. The number of methoxy groups -OCH3 is 1. The molecule has 0 radical (unpaired) electrons. The van der Waals surface area contributed by atoms with Gasteiger partial charge >= 0.3 is 0 Å². The summed E-state index contributed by atoms with van der Waals surface area (Å²) in [6, 6.07) is 2.86. The number of hydrogen-bond donors (Lipinski definition) is 1. The minimum Gasteiger partial charge on any atom is -0.383 e. The first-order chi connectivity index (χ1) is 10.9. The number of pyridine rings is 1. The van der Waals surface area contributed by atoms with Gasteiger partial charge in [0.1, 0.15) is 5.56 Å². The van der Waals surface area contributed by atoms with Gasteiger partial charge in [-0.25, -0.2) is 8.78 Å². The van der Waals surface area contributed by atoms with Crippen molar-refractivity contribution in [2.75, 3.05) is 19.0 Å². The molecule has 0 saturated carbocycles. The molecule has 0 aliphatic heterocycles. The van der Waals surface area contributed by atoms with Gasteiger partial charge in [0.25, 0.3) is 17.9 Å². The van der Waals surface area contributed by atoms with Gasteiger partial charge < -0.3 is 14.6 Å². The van der Waals surface area contributed by atoms with Crippen LogP contribution in [0.15, 0.2) is 29.3 Å². The number of hydrogen-bond acceptors (Lipinski definition) is 4. The summed E-state index contributed by atoms with van der Waals surface area (Å²) in [5.74, 6) is -0.767. The number of alkyl halides is 2. The number of nitrogens with zero attached hydrogens (tertiary/aromatic N) is 3. The zero-order valence-electron chi connectivity index (χ0n) is 12.6. The fourth-order valence-corrected chi connectivity index (χ4v) is 2.03. The SMILES string of the molecule is COCCn1cccc(C(=O)Nc2cn(C)nc2C(F)F)c1=O. The van der Waals surface area contributed by atoms with Crippen molar-refractivity contribution in [3.05, 3.63) is 46.1 Å². The van der Waals surface area contributed by atoms with Crippen molar-refractivity contribution < 1.29 is 18.3 Å². The zero-order valence-corrected chi connectivity index (χ0v) is 12.6. The molecule has 1 amide bonds. The van der Waals surface area contributed by atoms with E-state index in [2.05, 4.69) is 10.4 Å². The molecular weight excluding hydrogens is 310 g/mol. The topological polar surface area (TPSA) is 78.2 Å². The highest BCUT2D eigenvalue weighted by Gasteiger charge is 2.21. The molecule has 0 atom stereocenters. The number of anilines is 1. The predicted octanol–water partition coefficient (Wildman–Crippen LogP) is 1.42. The number of carbonyl (C=O) groups excluding carboxylic acids is 1. The van der Waals surface area contributed by atoms with Crippen LogP contribution in [0.25, 0.3) is 0 Å². The minimum atomic E-state index is -2.83. The summed E-state index contributed by atoms with van der Waals surface area (Å²) in [7, 11) is 2.96. The van der Waals surface area contributed by atoms with E-state index < -0.39 is 23.6 Å². The lowest BCUT2D eigenvalue weighted by atomic mass is 10.2. The summed E-state index contributed by atoms with van der Waals surface area (Å²) >= 11 is 0. The molecule has 2 aromatic heterocycles. The van der Waals surface area contributed by atoms with Crippen LogP contribution in [0.3, 0.4) is 0 Å². The first-order valence-corrected chi connectivity index (χ1v) is 6.75. The standard InChI is InChI=1S/C14H16F2N4O3/c1-19-8-10(11(18-19)12(15)16)17-13(21)9-4-3-5-20(14(9)22)6-7-23-2/h3-5,8,12H,6-7H2,1-2H3,(H,17,21). The van der Waals surface area contributed by atoms with E-state index in [0.717, 1.165) is 0 Å². The largest absolute Gasteiger partial charge is 0.383 e. The predicted molar refractivity (Wildman–Crippen MR) is 78.7 cm³/mol. The lowest BCUT2D eigenvalue weighted by Crippen LogP contribution is -2.29. The van der Waals surface area contributed by atoms with Crippen molar-refractivity contribution in [2.45, 2.75) is 13.0 Å². The average molecular weight is 326 g/mol. The number of rotatable bonds is 6. The Morgan fingerprint density at radius 1 is 1.48 bits per heavy atom. The Kier molecular flexibility index (Phi) is 5.22. The number of nitrogens with one attached hydrogen (secondary N) is 1. The number of halogens is 2. The average Bonchev–Trinajstić information content (AvgIpc) is 2.87. The van der Waals surface area contributed by atoms with Crippen LogP contribution in [-0.4, -0.2) is 34.0 Å². The molecule has 2 rings (SSSR count). The van der Waals surface area contributed by atoms with Crippen molar-refractivity contribution in [3.63, 3.8) is 0 Å². The monoisotopic (exact) mass is 326 g/mol. The van der Waals surface area contributed by atoms with E-state index in [-0.39, 0.29) is 17.8 Å². The molecule has 0 aliphatic carbocycles. The Morgan fingerprint density at radius 3 is 2.87 bits per heavy atom. The molecule has 0 spiro atoms. The molecule has 0 saturated heterocycles. The second-order valence-corrected chi connectivity index (χ2v) is 4.77. The highest BCUT2D eigenvalue weighted by molar-refractivity contribution is 6.04. The number of aryl methyl sites for hydroxylation is 1. The molecule has 0 aliphatic rings. The number of aromatic nitrogens is 3. The summed E-state index contributed by atoms with van der Waals surface area (Å²) in [6.45, 7) is 0.592. The van der Waals surface area contributed by atoms with Gasteiger partial charge in [-0.05, 0) is 12.1 Å². The summed E-state index contributed by atoms with van der Waals surface area (Å²) in [5.41, 5.74) is -1.34. The third kappa shape index (κ3) is 3.81. The normalized spacial score (nSPS) is 11.0. The molecule has 0 fully saturated rings. The van der Waals surface area contributed by atoms with Crippen LogP contribution in [0.1, 0.15) is 22.5 Å². The van der Waals surface area contributed by atoms with Gasteiger partial charge in [-0.15, -0.1) is 0 Å². The maximum atomic E-state index is 12.9. The van der Waals surface area contributed by atoms with E-state index in [9.17, 15) is 18.4 Å². The van der Waals surface area contributed by atoms with Crippen molar-refractivity contribution in [2.24, 2.45) is 7.05 Å². The van der Waals surface area contributed by atoms with E-state index >= 15 is 0 Å². The zero-order chi connectivity index (χ0) is 17.0. The Labute approximate surface area is 130 Å². The van der Waals surface area contributed by atoms with Crippen molar-refractivity contribution in [1.29, 1.82) is 0 Å². The molecule has 1 N–H and O–H groups in total. The molecule has 7 nitrogen and oxygen atoms in total. The van der Waals surface area contributed by atoms with Crippen molar-refractivity contribution in [3.8, 4) is 0 Å². The molecule has 0 bridgehead atoms. The molecule has 0 unspecified atom stereocenters. The Hall–Kier alpha value is -2.55. The van der Waals surface area contributed by atoms with E-state index in [0.29, 0.717) is 6.61 Å². The Bertz CT molecular complexity index is 755. The van der Waals surface area contributed by atoms with E-state index in [1.54, 1.807) is 0 Å². The van der Waals surface area contributed by atoms with Crippen LogP contribution in [0.4, 0.5) is 14.5 Å². The number of ether oxygens (including phenoxy) is 1. The third-order valence-electron chi connectivity index (χ3n) is 3.11. The maximum absolute atomic E-state index is 12.9. The molecule has 23 heavy (non-hydrogen) atoms. The van der Waals surface area contributed by atoms with Gasteiger partial charge in [0.15, 0.2) is 5.69 Å². The fourth-order valence-electron chi connectivity index (χ4n) is 2.03. The number of carbonyl (C=O) groups is 1. The van der Waals surface area contributed by atoms with Gasteiger partial charge in [0.2, 0.25) is 0 Å². The maximum Gasteiger partial charge on any atom is 0.284 e. The highest BCUT2D eigenvalue weighted by Crippen LogP contribution is 2.25. The van der Waals surface area contributed by atoms with E-state index in [4.69, 9.17) is 4.74 Å². The van der Waals surface area contributed by atoms with E-state index in [1.165, 1.54) is 47.9 Å². The van der Waals surface area contributed by atoms with Gasteiger partial charge in [-0.1, -0.05) is 0 Å². The van der Waals surface area contributed by atoms with E-state index in [1.807, 2.05) is 0 Å². The Balaban J connectivity index is 2.26. The summed E-state index contributed by atoms with van der Waals surface area (Å²) in [5, 5.41) is 5.90. The lowest BCUT2D eigenvalue weighted by molar-refractivity contribution is 0.102. The molecule has 124 valence electrons. The molecule has 2 aromatic rings. The summed E-state index contributed by atoms with van der Waals surface area (Å²) in [6.07, 6.45) is -0.0564. The van der Waals surface area contributed by atoms with Gasteiger partial charge in [-0.2, -0.15) is 5.10 Å². The van der Waals surface area contributed by atoms with Gasteiger partial charge in [0.05, 0.1) is 12.3 Å². The second kappa shape index (κ2) is 7.14. The van der Waals surface area contributed by atoms with Crippen LogP contribution in [0, 0.1) is 0 Å². The highest BCUT2D eigenvalue weighted by atomic mass is 19.3. The number of amides is 1. The van der Waals surface area contributed by atoms with Crippen molar-refractivity contribution >= 4 is 11.6 Å². The van der Waals surface area contributed by atoms with Crippen LogP contribution < -0.4 is 10.9 Å². The first-order valence-electron chi connectivity index (χ1n) is 6.75. The Morgan fingerprint density at radius 2 is 2.22 bits per heavy atom. The molecule has 2 heterocycles. The lowest BCUT2D eigenvalue weighted by Gasteiger charge is -2.08. The smallest absolute Gasteiger partial charge is 0.284 e. The van der Waals surface area contributed by atoms with Crippen LogP contribution >= 0.6 is 0 Å². The van der Waals surface area contributed by atoms with Crippen LogP contribution in [0.2, 0.25) is 0 Å². The first kappa shape index (κ1) is 16.8. The van der Waals surface area contributed by atoms with Crippen LogP contribution in [0.5, 0.6) is 0 Å². The quantitative estimate of drug-likeness (QED) is 0.871. The van der Waals surface area contributed by atoms with Crippen LogP contribution in [-0.2, 0) is 18.3 Å².